The van der Waals surface area contributed by atoms with Crippen molar-refractivity contribution in [2.75, 3.05) is 19.8 Å². The smallest absolute Gasteiger partial charge is 0.317 e. The van der Waals surface area contributed by atoms with Gasteiger partial charge in [-0.15, -0.1) is 0 Å². The summed E-state index contributed by atoms with van der Waals surface area (Å²) in [5, 5.41) is 143. The molecule has 0 unspecified atom stereocenters. The van der Waals surface area contributed by atoms with Gasteiger partial charge in [0, 0.05) is 6.92 Å². The summed E-state index contributed by atoms with van der Waals surface area (Å²) in [5.74, 6) is -4.50. The maximum absolute atomic E-state index is 15.4. The molecule has 450 valence electrons. The fraction of sp³-hybridized carbons (Fsp3) is 0.907. The number of carboxylic acids is 1. The Kier molecular flexibility index (Phi) is 16.8. The zero-order valence-electron chi connectivity index (χ0n) is 45.9. The van der Waals surface area contributed by atoms with Crippen LogP contribution in [0, 0.1) is 50.2 Å². The zero-order chi connectivity index (χ0) is 58.0. The fourth-order valence-corrected chi connectivity index (χ4v) is 16.4. The molecule has 9 aliphatic rings. The lowest BCUT2D eigenvalue weighted by Gasteiger charge is -2.71. The minimum Gasteiger partial charge on any atom is -0.481 e. The average molecular weight is 1130 g/mol. The third-order valence-electron chi connectivity index (χ3n) is 21.0. The van der Waals surface area contributed by atoms with Gasteiger partial charge in [-0.25, -0.2) is 0 Å². The second-order valence-corrected chi connectivity index (χ2v) is 26.0. The summed E-state index contributed by atoms with van der Waals surface area (Å²) in [5.41, 5.74) is -5.20. The highest BCUT2D eigenvalue weighted by molar-refractivity contribution is 5.80. The molecule has 0 aromatic carbocycles. The van der Waals surface area contributed by atoms with Gasteiger partial charge in [-0.1, -0.05) is 46.3 Å². The molecule has 25 heteroatoms. The molecular formula is C54H84O25. The number of aliphatic hydroxyl groups is 12. The number of esters is 2. The first-order valence-corrected chi connectivity index (χ1v) is 27.7. The average Bonchev–Trinajstić information content (AvgIpc) is 2.15. The lowest BCUT2D eigenvalue weighted by molar-refractivity contribution is -0.371. The molecule has 4 aliphatic heterocycles. The minimum absolute atomic E-state index is 0.0537. The molecular weight excluding hydrogens is 1050 g/mol. The number of carbonyl (C=O) groups is 3. The van der Waals surface area contributed by atoms with Crippen molar-refractivity contribution in [1.82, 2.24) is 0 Å². The van der Waals surface area contributed by atoms with Crippen molar-refractivity contribution in [2.45, 2.75) is 236 Å². The van der Waals surface area contributed by atoms with Crippen LogP contribution in [0.1, 0.15) is 107 Å². The number of carboxylic acid groups (broad SMARTS) is 1. The van der Waals surface area contributed by atoms with E-state index in [9.17, 15) is 76.0 Å². The molecule has 25 nitrogen and oxygen atoms in total. The van der Waals surface area contributed by atoms with Crippen molar-refractivity contribution >= 4 is 17.9 Å². The normalized spacial score (nSPS) is 53.4. The first-order valence-electron chi connectivity index (χ1n) is 27.7. The van der Waals surface area contributed by atoms with E-state index >= 15 is 4.79 Å². The first-order chi connectivity index (χ1) is 36.8. The van der Waals surface area contributed by atoms with Crippen molar-refractivity contribution in [3.05, 3.63) is 11.6 Å². The van der Waals surface area contributed by atoms with Crippen LogP contribution in [0.3, 0.4) is 0 Å². The monoisotopic (exact) mass is 1130 g/mol. The summed E-state index contributed by atoms with van der Waals surface area (Å²) in [6.07, 6.45) is -29.6. The Bertz CT molecular complexity index is 2290. The summed E-state index contributed by atoms with van der Waals surface area (Å²) in [6.45, 7) is 12.7. The predicted molar refractivity (Wildman–Crippen MR) is 264 cm³/mol. The van der Waals surface area contributed by atoms with E-state index < -0.39 is 206 Å². The molecule has 4 saturated carbocycles. The van der Waals surface area contributed by atoms with Crippen molar-refractivity contribution in [3.63, 3.8) is 0 Å². The van der Waals surface area contributed by atoms with Crippen molar-refractivity contribution in [2.24, 2.45) is 50.2 Å². The predicted octanol–water partition coefficient (Wildman–Crippen LogP) is -2.15. The van der Waals surface area contributed by atoms with Crippen LogP contribution in [0.25, 0.3) is 0 Å². The number of carbonyl (C=O) groups excluding carboxylic acids is 2. The van der Waals surface area contributed by atoms with Gasteiger partial charge >= 0.3 is 17.9 Å². The van der Waals surface area contributed by atoms with Crippen LogP contribution in [0.2, 0.25) is 0 Å². The number of rotatable bonds is 11. The van der Waals surface area contributed by atoms with Gasteiger partial charge in [0.05, 0.1) is 43.5 Å². The summed E-state index contributed by atoms with van der Waals surface area (Å²) in [7, 11) is 0. The van der Waals surface area contributed by atoms with Gasteiger partial charge in [0.15, 0.2) is 31.1 Å². The largest absolute Gasteiger partial charge is 0.481 e. The van der Waals surface area contributed by atoms with Crippen molar-refractivity contribution in [3.8, 4) is 0 Å². The molecule has 0 aromatic rings. The van der Waals surface area contributed by atoms with Gasteiger partial charge in [-0.3, -0.25) is 14.4 Å². The Morgan fingerprint density at radius 1 is 0.633 bits per heavy atom. The molecule has 4 saturated heterocycles. The minimum atomic E-state index is -1.92. The second kappa shape index (κ2) is 21.8. The summed E-state index contributed by atoms with van der Waals surface area (Å²) < 4.78 is 52.9. The SMILES string of the molecule is CC(=O)O[C@@H]1[C@@H](O[C@H]2OC[C@H](O)[C@@H](O)[C@@H]2O)[C@H](O)[C@@H](O[C@@H]2[C@@H](OC(=O)[C@]34CCC(C)(C)C[C@H]3C3=CC[C@H]5[C@]6(C)C[C@H](O)[C@@H](O[C@H]7O[C@@H](CO)[C@H](O)[C@@H](O)[C@@H]7O)[C@](C)(C(=O)O)[C@H]6CC[C@@]5(C)[C@]3(C)C[C@@H]4O)OC[C@H](O)[C@H]2O)O[C@H]1C. The molecule has 0 spiro atoms. The van der Waals surface area contributed by atoms with Gasteiger partial charge in [0.2, 0.25) is 6.29 Å². The maximum Gasteiger partial charge on any atom is 0.317 e. The molecule has 29 atom stereocenters. The lowest BCUT2D eigenvalue weighted by Crippen LogP contribution is -2.71. The molecule has 13 N–H and O–H groups in total. The van der Waals surface area contributed by atoms with Crippen LogP contribution in [0.15, 0.2) is 11.6 Å². The van der Waals surface area contributed by atoms with Gasteiger partial charge in [0.1, 0.15) is 78.7 Å². The Labute approximate surface area is 457 Å². The lowest BCUT2D eigenvalue weighted by atomic mass is 9.33. The Morgan fingerprint density at radius 3 is 1.90 bits per heavy atom. The summed E-state index contributed by atoms with van der Waals surface area (Å²) in [4.78, 5) is 41.4. The van der Waals surface area contributed by atoms with Crippen LogP contribution in [0.4, 0.5) is 0 Å². The molecule has 79 heavy (non-hydrogen) atoms. The second-order valence-electron chi connectivity index (χ2n) is 26.0. The van der Waals surface area contributed by atoms with E-state index in [1.165, 1.54) is 13.8 Å². The van der Waals surface area contributed by atoms with Crippen LogP contribution in [-0.2, 0) is 57.0 Å². The number of aliphatic hydroxyl groups excluding tert-OH is 12. The Morgan fingerprint density at radius 2 is 1.25 bits per heavy atom. The molecule has 0 aromatic heterocycles. The van der Waals surface area contributed by atoms with E-state index in [1.54, 1.807) is 0 Å². The summed E-state index contributed by atoms with van der Waals surface area (Å²) in [6, 6.07) is 0. The molecule has 5 aliphatic carbocycles. The standard InChI is InChI=1S/C54H84O25/c1-21-39(74-22(2)56)40(76-43-36(65)32(61)26(58)19-71-43)38(67)45(73-21)77-41-33(62)27(59)20-72-46(41)79-48(70)54-14-13-49(3,4)15-24(54)23-9-10-29-50(5)16-25(57)42(78-44-37(66)35(64)34(63)28(18-55)75-44)53(8,47(68)69)30(50)11-12-51(29,6)52(23,7)17-31(54)60/h9,21,24-46,55,57-67H,10-20H2,1-8H3,(H,68,69)/t21-,24-,25-,26-,27-,28-,29-,30-,31-,32+,33+,34-,35+,36-,37-,38-,39-,40-,41-,42+,43+,44+,45+,46+,50-,51+,52+,53+,54+/m0/s1. The highest BCUT2D eigenvalue weighted by atomic mass is 16.8. The molecule has 9 rings (SSSR count). The topological polar surface area (TPSA) is 397 Å². The number of allylic oxidation sites excluding steroid dienone is 2. The van der Waals surface area contributed by atoms with Crippen LogP contribution in [0.5, 0.6) is 0 Å². The fourth-order valence-electron chi connectivity index (χ4n) is 16.4. The van der Waals surface area contributed by atoms with E-state index in [1.807, 2.05) is 6.92 Å². The molecule has 8 fully saturated rings. The third-order valence-corrected chi connectivity index (χ3v) is 21.0. The van der Waals surface area contributed by atoms with Crippen LogP contribution < -0.4 is 0 Å². The Hall–Kier alpha value is -2.61. The van der Waals surface area contributed by atoms with Crippen molar-refractivity contribution in [1.29, 1.82) is 0 Å². The third kappa shape index (κ3) is 9.82. The quantitative estimate of drug-likeness (QED) is 0.0596. The number of aliphatic carboxylic acids is 1. The van der Waals surface area contributed by atoms with E-state index in [0.717, 1.165) is 12.5 Å². The molecule has 0 bridgehead atoms. The highest BCUT2D eigenvalue weighted by Gasteiger charge is 2.74. The number of ether oxygens (including phenoxy) is 9. The van der Waals surface area contributed by atoms with Crippen LogP contribution >= 0.6 is 0 Å². The number of fused-ring (bicyclic) bond motifs is 7. The molecule has 0 amide bonds. The van der Waals surface area contributed by atoms with Gasteiger partial charge < -0.3 is 109 Å². The van der Waals surface area contributed by atoms with E-state index in [2.05, 4.69) is 33.8 Å². The van der Waals surface area contributed by atoms with Crippen LogP contribution in [-0.4, -0.2) is 233 Å². The Balaban J connectivity index is 0.992. The number of hydrogen-bond acceptors (Lipinski definition) is 24. The van der Waals surface area contributed by atoms with Gasteiger partial charge in [-0.05, 0) is 105 Å². The maximum atomic E-state index is 15.4. The van der Waals surface area contributed by atoms with Gasteiger partial charge in [0.25, 0.3) is 0 Å². The van der Waals surface area contributed by atoms with E-state index in [0.29, 0.717) is 32.1 Å². The molecule has 0 radical (unpaired) electrons. The first kappa shape index (κ1) is 61.0. The van der Waals surface area contributed by atoms with E-state index in [-0.39, 0.29) is 30.6 Å². The van der Waals surface area contributed by atoms with Crippen molar-refractivity contribution < 1.29 is 123 Å². The van der Waals surface area contributed by atoms with Gasteiger partial charge in [-0.2, -0.15) is 0 Å². The highest BCUT2D eigenvalue weighted by Crippen LogP contribution is 2.76. The summed E-state index contributed by atoms with van der Waals surface area (Å²) >= 11 is 0. The molecule has 4 heterocycles. The van der Waals surface area contributed by atoms with E-state index in [4.69, 9.17) is 42.6 Å². The number of hydrogen-bond donors (Lipinski definition) is 13. The zero-order valence-corrected chi connectivity index (χ0v) is 45.9.